The molecule has 0 aliphatic carbocycles. The van der Waals surface area contributed by atoms with E-state index >= 15 is 0 Å². The number of rotatable bonds is 8. The summed E-state index contributed by atoms with van der Waals surface area (Å²) in [6.45, 7) is 11.9. The van der Waals surface area contributed by atoms with Gasteiger partial charge in [0.2, 0.25) is 0 Å². The molecule has 0 aromatic carbocycles. The molecular formula is C16H32N2O3. The topological polar surface area (TPSA) is 50.8 Å². The highest BCUT2D eigenvalue weighted by Gasteiger charge is 2.33. The van der Waals surface area contributed by atoms with Crippen molar-refractivity contribution in [3.63, 3.8) is 0 Å². The quantitative estimate of drug-likeness (QED) is 0.693. The third-order valence-corrected chi connectivity index (χ3v) is 4.26. The Kier molecular flexibility index (Phi) is 7.63. The van der Waals surface area contributed by atoms with Crippen molar-refractivity contribution in [1.29, 1.82) is 0 Å². The van der Waals surface area contributed by atoms with Gasteiger partial charge in [-0.15, -0.1) is 0 Å². The number of hydrogen-bond acceptors (Lipinski definition) is 5. The van der Waals surface area contributed by atoms with E-state index in [-0.39, 0.29) is 5.97 Å². The Morgan fingerprint density at radius 1 is 1.48 bits per heavy atom. The molecule has 1 heterocycles. The first-order chi connectivity index (χ1) is 9.92. The van der Waals surface area contributed by atoms with Crippen molar-refractivity contribution in [2.24, 2.45) is 0 Å². The first-order valence-corrected chi connectivity index (χ1v) is 8.12. The van der Waals surface area contributed by atoms with Gasteiger partial charge in [-0.1, -0.05) is 6.92 Å². The maximum absolute atomic E-state index is 12.0. The molecule has 0 bridgehead atoms. The zero-order chi connectivity index (χ0) is 15.9. The average Bonchev–Trinajstić information content (AvgIpc) is 2.47. The second-order valence-electron chi connectivity index (χ2n) is 6.34. The minimum atomic E-state index is -0.577. The van der Waals surface area contributed by atoms with E-state index < -0.39 is 5.54 Å². The fourth-order valence-electron chi connectivity index (χ4n) is 2.81. The second-order valence-corrected chi connectivity index (χ2v) is 6.34. The molecule has 3 unspecified atom stereocenters. The standard InChI is InChI=1S/C16H32N2O3/c1-6-9-17-16(4,15(19)20-5)8-7-10-18-11-14(3)21-12-13(18)2/h13-14,17H,6-12H2,1-5H3. The van der Waals surface area contributed by atoms with Crippen LogP contribution in [0.15, 0.2) is 0 Å². The molecule has 0 spiro atoms. The largest absolute Gasteiger partial charge is 0.468 e. The Morgan fingerprint density at radius 3 is 2.81 bits per heavy atom. The lowest BCUT2D eigenvalue weighted by molar-refractivity contribution is -0.148. The lowest BCUT2D eigenvalue weighted by Crippen LogP contribution is -2.52. The van der Waals surface area contributed by atoms with Gasteiger partial charge in [-0.25, -0.2) is 0 Å². The molecule has 0 aromatic heterocycles. The Hall–Kier alpha value is -0.650. The van der Waals surface area contributed by atoms with E-state index in [0.717, 1.165) is 45.5 Å². The van der Waals surface area contributed by atoms with E-state index in [0.29, 0.717) is 12.1 Å². The molecule has 1 rings (SSSR count). The minimum Gasteiger partial charge on any atom is -0.468 e. The molecule has 0 amide bonds. The fraction of sp³-hybridized carbons (Fsp3) is 0.938. The summed E-state index contributed by atoms with van der Waals surface area (Å²) in [7, 11) is 1.46. The van der Waals surface area contributed by atoms with E-state index in [9.17, 15) is 4.79 Å². The fourth-order valence-corrected chi connectivity index (χ4v) is 2.81. The average molecular weight is 300 g/mol. The molecule has 5 nitrogen and oxygen atoms in total. The van der Waals surface area contributed by atoms with E-state index in [1.807, 2.05) is 6.92 Å². The van der Waals surface area contributed by atoms with Crippen LogP contribution in [0.1, 0.15) is 47.0 Å². The van der Waals surface area contributed by atoms with Crippen molar-refractivity contribution < 1.29 is 14.3 Å². The molecule has 0 saturated carbocycles. The van der Waals surface area contributed by atoms with Crippen molar-refractivity contribution in [2.45, 2.75) is 64.6 Å². The van der Waals surface area contributed by atoms with Gasteiger partial charge in [-0.3, -0.25) is 9.69 Å². The molecular weight excluding hydrogens is 268 g/mol. The van der Waals surface area contributed by atoms with Gasteiger partial charge in [0.15, 0.2) is 0 Å². The maximum atomic E-state index is 12.0. The summed E-state index contributed by atoms with van der Waals surface area (Å²) in [6, 6.07) is 0.453. The number of esters is 1. The summed E-state index contributed by atoms with van der Waals surface area (Å²) in [5.74, 6) is -0.167. The molecule has 0 aromatic rings. The zero-order valence-electron chi connectivity index (χ0n) is 14.3. The molecule has 124 valence electrons. The minimum absolute atomic E-state index is 0.167. The highest BCUT2D eigenvalue weighted by atomic mass is 16.5. The summed E-state index contributed by atoms with van der Waals surface area (Å²) < 4.78 is 10.6. The van der Waals surface area contributed by atoms with Crippen molar-refractivity contribution in [3.8, 4) is 0 Å². The van der Waals surface area contributed by atoms with Gasteiger partial charge in [0.1, 0.15) is 5.54 Å². The zero-order valence-corrected chi connectivity index (χ0v) is 14.3. The highest BCUT2D eigenvalue weighted by molar-refractivity contribution is 5.80. The van der Waals surface area contributed by atoms with Gasteiger partial charge in [0.05, 0.1) is 19.8 Å². The van der Waals surface area contributed by atoms with Crippen molar-refractivity contribution in [3.05, 3.63) is 0 Å². The van der Waals surface area contributed by atoms with Crippen molar-refractivity contribution in [1.82, 2.24) is 10.2 Å². The van der Waals surface area contributed by atoms with Gasteiger partial charge in [0.25, 0.3) is 0 Å². The Bertz CT molecular complexity index is 325. The first-order valence-electron chi connectivity index (χ1n) is 8.12. The molecule has 0 radical (unpaired) electrons. The number of methoxy groups -OCH3 is 1. The number of hydrogen-bond donors (Lipinski definition) is 1. The van der Waals surface area contributed by atoms with Crippen LogP contribution >= 0.6 is 0 Å². The van der Waals surface area contributed by atoms with E-state index in [1.165, 1.54) is 7.11 Å². The number of carbonyl (C=O) groups is 1. The summed E-state index contributed by atoms with van der Waals surface area (Å²) in [5, 5.41) is 3.34. The summed E-state index contributed by atoms with van der Waals surface area (Å²) in [6.07, 6.45) is 3.06. The van der Waals surface area contributed by atoms with Crippen LogP contribution in [0.4, 0.5) is 0 Å². The summed E-state index contributed by atoms with van der Waals surface area (Å²) in [5.41, 5.74) is -0.577. The SMILES string of the molecule is CCCNC(C)(CCCN1CC(C)OCC1C)C(=O)OC. The molecule has 1 N–H and O–H groups in total. The van der Waals surface area contributed by atoms with Crippen LogP contribution < -0.4 is 5.32 Å². The van der Waals surface area contributed by atoms with Crippen molar-refractivity contribution in [2.75, 3.05) is 33.4 Å². The van der Waals surface area contributed by atoms with Crippen LogP contribution in [0, 0.1) is 0 Å². The third kappa shape index (κ3) is 5.57. The van der Waals surface area contributed by atoms with Crippen LogP contribution in [0.2, 0.25) is 0 Å². The molecule has 21 heavy (non-hydrogen) atoms. The van der Waals surface area contributed by atoms with Gasteiger partial charge in [0, 0.05) is 12.6 Å². The van der Waals surface area contributed by atoms with Gasteiger partial charge >= 0.3 is 5.97 Å². The number of nitrogens with zero attached hydrogens (tertiary/aromatic N) is 1. The van der Waals surface area contributed by atoms with Crippen LogP contribution in [-0.4, -0.2) is 61.9 Å². The summed E-state index contributed by atoms with van der Waals surface area (Å²) in [4.78, 5) is 14.5. The molecule has 1 aliphatic heterocycles. The first kappa shape index (κ1) is 18.4. The smallest absolute Gasteiger partial charge is 0.325 e. The van der Waals surface area contributed by atoms with E-state index in [1.54, 1.807) is 0 Å². The summed E-state index contributed by atoms with van der Waals surface area (Å²) >= 11 is 0. The molecule has 1 fully saturated rings. The Labute approximate surface area is 129 Å². The third-order valence-electron chi connectivity index (χ3n) is 4.26. The van der Waals surface area contributed by atoms with Gasteiger partial charge in [-0.05, 0) is 53.1 Å². The molecule has 5 heteroatoms. The maximum Gasteiger partial charge on any atom is 0.325 e. The molecule has 1 saturated heterocycles. The van der Waals surface area contributed by atoms with Crippen LogP contribution in [0.3, 0.4) is 0 Å². The van der Waals surface area contributed by atoms with Crippen LogP contribution in [0.5, 0.6) is 0 Å². The highest BCUT2D eigenvalue weighted by Crippen LogP contribution is 2.17. The lowest BCUT2D eigenvalue weighted by Gasteiger charge is -2.37. The number of nitrogens with one attached hydrogen (secondary N) is 1. The molecule has 3 atom stereocenters. The predicted octanol–water partition coefficient (Wildman–Crippen LogP) is 1.81. The monoisotopic (exact) mass is 300 g/mol. The van der Waals surface area contributed by atoms with E-state index in [4.69, 9.17) is 9.47 Å². The Balaban J connectivity index is 2.47. The van der Waals surface area contributed by atoms with Crippen LogP contribution in [0.25, 0.3) is 0 Å². The normalized spacial score (nSPS) is 26.3. The van der Waals surface area contributed by atoms with Gasteiger partial charge < -0.3 is 14.8 Å². The lowest BCUT2D eigenvalue weighted by atomic mass is 9.95. The molecule has 1 aliphatic rings. The Morgan fingerprint density at radius 2 is 2.19 bits per heavy atom. The number of morpholine rings is 1. The van der Waals surface area contributed by atoms with E-state index in [2.05, 4.69) is 31.0 Å². The van der Waals surface area contributed by atoms with Crippen LogP contribution in [-0.2, 0) is 14.3 Å². The van der Waals surface area contributed by atoms with Gasteiger partial charge in [-0.2, -0.15) is 0 Å². The number of ether oxygens (including phenoxy) is 2. The van der Waals surface area contributed by atoms with Crippen molar-refractivity contribution >= 4 is 5.97 Å². The predicted molar refractivity (Wildman–Crippen MR) is 84.4 cm³/mol. The number of carbonyl (C=O) groups excluding carboxylic acids is 1. The second kappa shape index (κ2) is 8.71.